The van der Waals surface area contributed by atoms with Crippen LogP contribution in [0.4, 0.5) is 0 Å². The highest BCUT2D eigenvalue weighted by Gasteiger charge is 2.26. The molecule has 0 heterocycles. The smallest absolute Gasteiger partial charge is 0.342 e. The normalized spacial score (nSPS) is 11.5. The van der Waals surface area contributed by atoms with Gasteiger partial charge in [0.1, 0.15) is 3.57 Å². The third-order valence-corrected chi connectivity index (χ3v) is 4.83. The van der Waals surface area contributed by atoms with E-state index in [9.17, 15) is 24.1 Å². The minimum Gasteiger partial charge on any atom is -0.478 e. The molecule has 0 saturated carbocycles. The van der Waals surface area contributed by atoms with E-state index >= 15 is 0 Å². The number of benzene rings is 1. The Bertz CT molecular complexity index is 700. The largest absolute Gasteiger partial charge is 0.478 e. The van der Waals surface area contributed by atoms with Crippen molar-refractivity contribution in [1.29, 1.82) is 0 Å². The molecule has 1 aromatic rings. The van der Waals surface area contributed by atoms with Gasteiger partial charge in [-0.15, -0.1) is 0 Å². The lowest BCUT2D eigenvalue weighted by atomic mass is 10.1. The number of halogens is 1. The van der Waals surface area contributed by atoms with Crippen molar-refractivity contribution in [2.75, 3.05) is 0 Å². The summed E-state index contributed by atoms with van der Waals surface area (Å²) in [4.78, 5) is 20.7. The van der Waals surface area contributed by atoms with Crippen molar-refractivity contribution in [2.24, 2.45) is 0 Å². The van der Waals surface area contributed by atoms with Gasteiger partial charge < -0.3 is 10.2 Å². The number of carboxylic acid groups (broad SMARTS) is 2. The average Bonchev–Trinajstić information content (AvgIpc) is 2.25. The van der Waals surface area contributed by atoms with Crippen LogP contribution in [0.2, 0.25) is 0 Å². The number of aromatic carboxylic acids is 2. The van der Waals surface area contributed by atoms with Crippen molar-refractivity contribution in [3.8, 4) is 0 Å². The number of rotatable bonds is 4. The SMILES string of the molecule is O=C(O)c1cc(S(=O)(=O)O)cc(C(=O)O)c1I(=O)=O. The van der Waals surface area contributed by atoms with Gasteiger partial charge in [-0.05, 0) is 12.1 Å². The Balaban J connectivity index is 3.94. The summed E-state index contributed by atoms with van der Waals surface area (Å²) in [5.41, 5.74) is -2.02. The Morgan fingerprint density at radius 1 is 1.00 bits per heavy atom. The van der Waals surface area contributed by atoms with Gasteiger partial charge in [0, 0.05) is 0 Å². The molecule has 0 aliphatic carbocycles. The van der Waals surface area contributed by atoms with Crippen molar-refractivity contribution in [1.82, 2.24) is 0 Å². The molecule has 1 rings (SSSR count). The molecular weight excluding hydrogens is 399 g/mol. The number of hydrogen-bond acceptors (Lipinski definition) is 6. The van der Waals surface area contributed by atoms with Crippen LogP contribution < -0.4 is 0 Å². The molecule has 0 fully saturated rings. The van der Waals surface area contributed by atoms with Gasteiger partial charge in [-0.3, -0.25) is 4.55 Å². The van der Waals surface area contributed by atoms with Crippen LogP contribution in [0.3, 0.4) is 0 Å². The first-order valence-corrected chi connectivity index (χ1v) is 8.51. The summed E-state index contributed by atoms with van der Waals surface area (Å²) in [6.07, 6.45) is 0. The predicted octanol–water partition coefficient (Wildman–Crippen LogP) is 0.697. The van der Waals surface area contributed by atoms with Crippen LogP contribution in [0.15, 0.2) is 17.0 Å². The molecule has 9 nitrogen and oxygen atoms in total. The Morgan fingerprint density at radius 3 is 1.58 bits per heavy atom. The number of carboxylic acids is 2. The maximum Gasteiger partial charge on any atom is 0.342 e. The first-order chi connectivity index (χ1) is 8.55. The lowest BCUT2D eigenvalue weighted by Crippen LogP contribution is -2.11. The molecule has 0 amide bonds. The van der Waals surface area contributed by atoms with Crippen molar-refractivity contribution in [2.45, 2.75) is 4.90 Å². The van der Waals surface area contributed by atoms with Crippen LogP contribution in [0.25, 0.3) is 0 Å². The summed E-state index contributed by atoms with van der Waals surface area (Å²) in [6.45, 7) is 0. The molecule has 0 aromatic heterocycles. The highest BCUT2D eigenvalue weighted by Crippen LogP contribution is 2.29. The van der Waals surface area contributed by atoms with Crippen LogP contribution in [0, 0.1) is 3.57 Å². The van der Waals surface area contributed by atoms with Crippen molar-refractivity contribution in [3.63, 3.8) is 0 Å². The van der Waals surface area contributed by atoms with Gasteiger partial charge in [0.25, 0.3) is 10.1 Å². The standard InChI is InChI=1S/C8H5IO9S/c10-7(11)4-1-3(19(16,17)18)2-5(8(12)13)6(4)9(14)15/h1-2H,(H,10,11)(H,12,13)(H,16,17,18). The first-order valence-electron chi connectivity index (χ1n) is 4.23. The second kappa shape index (κ2) is 5.18. The zero-order valence-corrected chi connectivity index (χ0v) is 11.7. The zero-order valence-electron chi connectivity index (χ0n) is 8.73. The lowest BCUT2D eigenvalue weighted by molar-refractivity contribution is 0.0694. The summed E-state index contributed by atoms with van der Waals surface area (Å²) in [5.74, 6) is -3.64. The zero-order chi connectivity index (χ0) is 15.0. The minimum absolute atomic E-state index is 0.389. The van der Waals surface area contributed by atoms with Gasteiger partial charge in [0.2, 0.25) is 0 Å². The van der Waals surface area contributed by atoms with Gasteiger partial charge in [-0.1, -0.05) is 0 Å². The van der Waals surface area contributed by atoms with E-state index in [-0.39, 0.29) is 0 Å². The molecule has 0 atom stereocenters. The average molecular weight is 404 g/mol. The summed E-state index contributed by atoms with van der Waals surface area (Å²) < 4.78 is 51.6. The van der Waals surface area contributed by atoms with Crippen LogP contribution in [-0.2, 0) is 16.3 Å². The second-order valence-corrected chi connectivity index (χ2v) is 6.88. The van der Waals surface area contributed by atoms with Crippen LogP contribution in [0.5, 0.6) is 0 Å². The number of hydrogen-bond donors (Lipinski definition) is 3. The van der Waals surface area contributed by atoms with E-state index in [4.69, 9.17) is 14.8 Å². The van der Waals surface area contributed by atoms with E-state index in [1.165, 1.54) is 0 Å². The summed E-state index contributed by atoms with van der Waals surface area (Å²) >= 11 is -4.51. The van der Waals surface area contributed by atoms with E-state index in [1.54, 1.807) is 0 Å². The first kappa shape index (κ1) is 15.5. The van der Waals surface area contributed by atoms with Crippen LogP contribution in [0.1, 0.15) is 20.7 Å². The second-order valence-electron chi connectivity index (χ2n) is 3.14. The maximum absolute atomic E-state index is 11.0. The fourth-order valence-corrected chi connectivity index (χ4v) is 3.48. The molecule has 3 N–H and O–H groups in total. The molecule has 0 saturated heterocycles. The molecule has 0 bridgehead atoms. The minimum atomic E-state index is -4.87. The molecule has 0 radical (unpaired) electrons. The molecule has 1 aromatic carbocycles. The van der Waals surface area contributed by atoms with Crippen LogP contribution >= 0.6 is 19.8 Å². The molecule has 0 unspecified atom stereocenters. The fourth-order valence-electron chi connectivity index (χ4n) is 1.22. The van der Waals surface area contributed by atoms with Gasteiger partial charge in [0.15, 0.2) is 0 Å². The third kappa shape index (κ3) is 3.24. The van der Waals surface area contributed by atoms with E-state index in [2.05, 4.69) is 0 Å². The summed E-state index contributed by atoms with van der Waals surface area (Å²) in [7, 11) is -4.87. The van der Waals surface area contributed by atoms with Crippen molar-refractivity contribution in [3.05, 3.63) is 26.8 Å². The molecule has 104 valence electrons. The van der Waals surface area contributed by atoms with Crippen LogP contribution in [-0.4, -0.2) is 35.1 Å². The molecule has 11 heteroatoms. The molecule has 0 spiro atoms. The van der Waals surface area contributed by atoms with Crippen molar-refractivity contribution >= 4 is 41.8 Å². The fraction of sp³-hybridized carbons (Fsp3) is 0. The van der Waals surface area contributed by atoms with Gasteiger partial charge in [-0.25, -0.2) is 15.7 Å². The maximum atomic E-state index is 11.0. The molecular formula is C8H5IO9S. The molecule has 19 heavy (non-hydrogen) atoms. The quantitative estimate of drug-likeness (QED) is 0.484. The highest BCUT2D eigenvalue weighted by molar-refractivity contribution is 14.2. The van der Waals surface area contributed by atoms with Gasteiger partial charge >= 0.3 is 31.7 Å². The monoisotopic (exact) mass is 404 g/mol. The lowest BCUT2D eigenvalue weighted by Gasteiger charge is -2.05. The van der Waals surface area contributed by atoms with Gasteiger partial charge in [-0.2, -0.15) is 8.42 Å². The summed E-state index contributed by atoms with van der Waals surface area (Å²) in [5, 5.41) is 17.6. The van der Waals surface area contributed by atoms with E-state index < -0.39 is 61.4 Å². The molecule has 0 aliphatic rings. The predicted molar refractivity (Wildman–Crippen MR) is 64.3 cm³/mol. The highest BCUT2D eigenvalue weighted by atomic mass is 127. The Hall–Kier alpha value is -1.60. The Kier molecular flexibility index (Phi) is 4.21. The number of carbonyl (C=O) groups is 2. The topological polar surface area (TPSA) is 163 Å². The molecule has 0 aliphatic heterocycles. The van der Waals surface area contributed by atoms with Gasteiger partial charge in [0.05, 0.1) is 16.0 Å². The van der Waals surface area contributed by atoms with E-state index in [0.717, 1.165) is 0 Å². The third-order valence-electron chi connectivity index (χ3n) is 1.96. The van der Waals surface area contributed by atoms with Crippen molar-refractivity contribution < 1.29 is 38.9 Å². The van der Waals surface area contributed by atoms with E-state index in [1.807, 2.05) is 0 Å². The Morgan fingerprint density at radius 2 is 1.37 bits per heavy atom. The van der Waals surface area contributed by atoms with E-state index in [0.29, 0.717) is 12.1 Å². The summed E-state index contributed by atoms with van der Waals surface area (Å²) in [6, 6.07) is 0.777. The Labute approximate surface area is 112 Å².